The molecule has 4 nitrogen and oxygen atoms in total. The van der Waals surface area contributed by atoms with Gasteiger partial charge in [0.05, 0.1) is 30.7 Å². The molecule has 0 heterocycles. The first-order valence-electron chi connectivity index (χ1n) is 6.00. The van der Waals surface area contributed by atoms with Gasteiger partial charge in [-0.2, -0.15) is 0 Å². The topological polar surface area (TPSA) is 58.2 Å². The Hall–Kier alpha value is -1.17. The zero-order valence-electron chi connectivity index (χ0n) is 11.1. The van der Waals surface area contributed by atoms with Crippen LogP contribution in [-0.4, -0.2) is 11.9 Å². The third-order valence-electron chi connectivity index (χ3n) is 2.66. The first-order valence-corrected chi connectivity index (χ1v) is 7.89. The van der Waals surface area contributed by atoms with E-state index in [9.17, 15) is 9.59 Å². The highest BCUT2D eigenvalue weighted by molar-refractivity contribution is 6.48. The normalized spacial score (nSPS) is 10.3. The number of rotatable bonds is 2. The van der Waals surface area contributed by atoms with Gasteiger partial charge in [-0.15, -0.1) is 0 Å². The van der Waals surface area contributed by atoms with Gasteiger partial charge in [-0.25, -0.2) is 4.79 Å². The molecule has 2 rings (SSSR count). The molecule has 0 unspecified atom stereocenters. The molecule has 3 amide bonds. The van der Waals surface area contributed by atoms with Crippen LogP contribution >= 0.6 is 58.0 Å². The fraction of sp³-hybridized carbons (Fsp3) is 0. The van der Waals surface area contributed by atoms with Crippen molar-refractivity contribution >= 4 is 75.6 Å². The van der Waals surface area contributed by atoms with Crippen molar-refractivity contribution in [2.75, 3.05) is 5.32 Å². The first-order chi connectivity index (χ1) is 10.8. The Bertz CT molecular complexity index is 751. The summed E-state index contributed by atoms with van der Waals surface area (Å²) in [6, 6.07) is 6.53. The fourth-order valence-electron chi connectivity index (χ4n) is 1.67. The van der Waals surface area contributed by atoms with E-state index in [1.807, 2.05) is 0 Å². The molecule has 0 aromatic heterocycles. The lowest BCUT2D eigenvalue weighted by atomic mass is 10.2. The van der Waals surface area contributed by atoms with Crippen molar-refractivity contribution in [1.29, 1.82) is 0 Å². The molecule has 2 aromatic rings. The van der Waals surface area contributed by atoms with E-state index in [2.05, 4.69) is 10.6 Å². The molecular formula is C14H7Cl5N2O2. The van der Waals surface area contributed by atoms with Crippen molar-refractivity contribution in [3.63, 3.8) is 0 Å². The molecule has 2 aromatic carbocycles. The van der Waals surface area contributed by atoms with Crippen LogP contribution < -0.4 is 10.6 Å². The van der Waals surface area contributed by atoms with Crippen molar-refractivity contribution in [3.05, 3.63) is 61.0 Å². The molecular weight excluding hydrogens is 405 g/mol. The highest BCUT2D eigenvalue weighted by Gasteiger charge is 2.17. The number of hydrogen-bond donors (Lipinski definition) is 2. The third kappa shape index (κ3) is 4.43. The lowest BCUT2D eigenvalue weighted by Gasteiger charge is -2.10. The number of nitrogens with one attached hydrogen (secondary N) is 2. The molecule has 0 saturated heterocycles. The Kier molecular flexibility index (Phi) is 6.00. The smallest absolute Gasteiger partial charge is 0.308 e. The average molecular weight is 412 g/mol. The summed E-state index contributed by atoms with van der Waals surface area (Å²) >= 11 is 29.3. The van der Waals surface area contributed by atoms with Crippen molar-refractivity contribution in [2.24, 2.45) is 0 Å². The number of amides is 3. The zero-order chi connectivity index (χ0) is 17.1. The molecule has 120 valence electrons. The maximum atomic E-state index is 12.1. The Morgan fingerprint density at radius 3 is 1.87 bits per heavy atom. The van der Waals surface area contributed by atoms with Gasteiger partial charge in [-0.1, -0.05) is 64.1 Å². The van der Waals surface area contributed by atoms with Gasteiger partial charge in [0, 0.05) is 5.69 Å². The average Bonchev–Trinajstić information content (AvgIpc) is 2.44. The van der Waals surface area contributed by atoms with E-state index in [-0.39, 0.29) is 36.4 Å². The number of carbonyl (C=O) groups is 2. The number of halogens is 5. The van der Waals surface area contributed by atoms with Crippen molar-refractivity contribution < 1.29 is 9.59 Å². The molecule has 0 fully saturated rings. The Morgan fingerprint density at radius 2 is 1.35 bits per heavy atom. The van der Waals surface area contributed by atoms with Crippen LogP contribution in [0.2, 0.25) is 25.1 Å². The van der Waals surface area contributed by atoms with E-state index < -0.39 is 11.9 Å². The summed E-state index contributed by atoms with van der Waals surface area (Å²) < 4.78 is 0. The zero-order valence-corrected chi connectivity index (χ0v) is 14.9. The van der Waals surface area contributed by atoms with Gasteiger partial charge in [-0.05, 0) is 24.3 Å². The van der Waals surface area contributed by atoms with Gasteiger partial charge in [0.25, 0.3) is 5.91 Å². The van der Waals surface area contributed by atoms with Crippen molar-refractivity contribution in [3.8, 4) is 0 Å². The van der Waals surface area contributed by atoms with Crippen molar-refractivity contribution in [2.45, 2.75) is 0 Å². The minimum absolute atomic E-state index is 0.00171. The molecule has 0 aliphatic rings. The quantitative estimate of drug-likeness (QED) is 0.602. The van der Waals surface area contributed by atoms with Crippen LogP contribution in [0.1, 0.15) is 10.4 Å². The van der Waals surface area contributed by atoms with E-state index in [1.54, 1.807) is 6.07 Å². The second-order valence-corrected chi connectivity index (χ2v) is 6.27. The van der Waals surface area contributed by atoms with E-state index in [0.717, 1.165) is 0 Å². The van der Waals surface area contributed by atoms with Gasteiger partial charge in [0.1, 0.15) is 0 Å². The number of anilines is 1. The Labute approximate surface area is 156 Å². The standard InChI is InChI=1S/C14H7Cl5N2O2/c15-7-2-1-3-8(16)11(7)13(22)21-14(23)20-6-4-9(17)12(19)10(18)5-6/h1-5H,(H2,20,21,22,23). The summed E-state index contributed by atoms with van der Waals surface area (Å²) in [6.45, 7) is 0. The van der Waals surface area contributed by atoms with Gasteiger partial charge < -0.3 is 5.32 Å². The number of urea groups is 1. The van der Waals surface area contributed by atoms with Crippen molar-refractivity contribution in [1.82, 2.24) is 5.32 Å². The van der Waals surface area contributed by atoms with E-state index >= 15 is 0 Å². The van der Waals surface area contributed by atoms with Crippen LogP contribution in [0.3, 0.4) is 0 Å². The maximum absolute atomic E-state index is 12.1. The second-order valence-electron chi connectivity index (χ2n) is 4.26. The number of benzene rings is 2. The lowest BCUT2D eigenvalue weighted by molar-refractivity contribution is 0.0967. The highest BCUT2D eigenvalue weighted by atomic mass is 35.5. The molecule has 0 radical (unpaired) electrons. The predicted octanol–water partition coefficient (Wildman–Crippen LogP) is 5.92. The lowest BCUT2D eigenvalue weighted by Crippen LogP contribution is -2.34. The summed E-state index contributed by atoms with van der Waals surface area (Å²) in [7, 11) is 0. The van der Waals surface area contributed by atoms with Crippen LogP contribution in [0, 0.1) is 0 Å². The summed E-state index contributed by atoms with van der Waals surface area (Å²) in [6.07, 6.45) is 0. The summed E-state index contributed by atoms with van der Waals surface area (Å²) in [5.41, 5.74) is 0.262. The fourth-order valence-corrected chi connectivity index (χ4v) is 2.84. The van der Waals surface area contributed by atoms with Gasteiger partial charge in [0.2, 0.25) is 0 Å². The van der Waals surface area contributed by atoms with Crippen LogP contribution in [0.4, 0.5) is 10.5 Å². The van der Waals surface area contributed by atoms with E-state index in [0.29, 0.717) is 0 Å². The Morgan fingerprint density at radius 1 is 0.826 bits per heavy atom. The molecule has 0 spiro atoms. The van der Waals surface area contributed by atoms with Crippen LogP contribution in [-0.2, 0) is 0 Å². The molecule has 2 N–H and O–H groups in total. The Balaban J connectivity index is 2.12. The largest absolute Gasteiger partial charge is 0.326 e. The summed E-state index contributed by atoms with van der Waals surface area (Å²) in [5.74, 6) is -0.746. The van der Waals surface area contributed by atoms with Gasteiger partial charge in [-0.3, -0.25) is 10.1 Å². The van der Waals surface area contributed by atoms with Crippen LogP contribution in [0.25, 0.3) is 0 Å². The van der Waals surface area contributed by atoms with Crippen LogP contribution in [0.5, 0.6) is 0 Å². The maximum Gasteiger partial charge on any atom is 0.326 e. The highest BCUT2D eigenvalue weighted by Crippen LogP contribution is 2.33. The molecule has 0 bridgehead atoms. The molecule has 9 heteroatoms. The van der Waals surface area contributed by atoms with E-state index in [1.165, 1.54) is 24.3 Å². The first kappa shape index (κ1) is 18.2. The monoisotopic (exact) mass is 410 g/mol. The SMILES string of the molecule is O=C(NC(=O)c1c(Cl)cccc1Cl)Nc1cc(Cl)c(Cl)c(Cl)c1. The number of hydrogen-bond acceptors (Lipinski definition) is 2. The summed E-state index contributed by atoms with van der Waals surface area (Å²) in [5, 5.41) is 5.25. The molecule has 0 atom stereocenters. The van der Waals surface area contributed by atoms with Gasteiger partial charge in [0.15, 0.2) is 0 Å². The molecule has 0 saturated carbocycles. The molecule has 0 aliphatic carbocycles. The molecule has 23 heavy (non-hydrogen) atoms. The van der Waals surface area contributed by atoms with Crippen LogP contribution in [0.15, 0.2) is 30.3 Å². The number of imide groups is 1. The minimum Gasteiger partial charge on any atom is -0.308 e. The molecule has 0 aliphatic heterocycles. The number of carbonyl (C=O) groups excluding carboxylic acids is 2. The van der Waals surface area contributed by atoms with Gasteiger partial charge >= 0.3 is 6.03 Å². The minimum atomic E-state index is -0.805. The second kappa shape index (κ2) is 7.60. The predicted molar refractivity (Wildman–Crippen MR) is 94.4 cm³/mol. The van der Waals surface area contributed by atoms with E-state index in [4.69, 9.17) is 58.0 Å². The third-order valence-corrected chi connectivity index (χ3v) is 4.49. The summed E-state index contributed by atoms with van der Waals surface area (Å²) in [4.78, 5) is 23.9.